The standard InChI is InChI=1S/C15H17BrFNO2/c1-15(2,16)13(19)12-4-3-9-18(14(12)20)11-7-5-10(17)6-8-11/h5-8,12H,3-4,9H2,1-2H3/t12-/m1/s1. The molecule has 0 spiro atoms. The molecule has 0 bridgehead atoms. The summed E-state index contributed by atoms with van der Waals surface area (Å²) >= 11 is 3.32. The van der Waals surface area contributed by atoms with E-state index < -0.39 is 10.2 Å². The monoisotopic (exact) mass is 341 g/mol. The molecule has 1 amide bonds. The van der Waals surface area contributed by atoms with Crippen molar-refractivity contribution in [2.75, 3.05) is 11.4 Å². The summed E-state index contributed by atoms with van der Waals surface area (Å²) in [5.74, 6) is -1.26. The van der Waals surface area contributed by atoms with Crippen molar-refractivity contribution in [1.29, 1.82) is 0 Å². The molecule has 0 saturated carbocycles. The molecule has 1 heterocycles. The normalized spacial score (nSPS) is 20.1. The maximum Gasteiger partial charge on any atom is 0.237 e. The van der Waals surface area contributed by atoms with Gasteiger partial charge < -0.3 is 4.90 Å². The van der Waals surface area contributed by atoms with Crippen LogP contribution in [0.5, 0.6) is 0 Å². The molecular weight excluding hydrogens is 325 g/mol. The number of piperidine rings is 1. The molecule has 0 aliphatic carbocycles. The number of hydrogen-bond acceptors (Lipinski definition) is 2. The van der Waals surface area contributed by atoms with Crippen LogP contribution in [0.3, 0.4) is 0 Å². The lowest BCUT2D eigenvalue weighted by molar-refractivity contribution is -0.134. The molecule has 1 atom stereocenters. The maximum absolute atomic E-state index is 12.9. The fourth-order valence-corrected chi connectivity index (χ4v) is 2.69. The van der Waals surface area contributed by atoms with E-state index in [1.807, 2.05) is 0 Å². The minimum Gasteiger partial charge on any atom is -0.312 e. The molecule has 1 aliphatic rings. The summed E-state index contributed by atoms with van der Waals surface area (Å²) in [6.45, 7) is 4.07. The van der Waals surface area contributed by atoms with Crippen molar-refractivity contribution < 1.29 is 14.0 Å². The van der Waals surface area contributed by atoms with Gasteiger partial charge in [0.15, 0.2) is 5.78 Å². The Bertz CT molecular complexity index is 522. The summed E-state index contributed by atoms with van der Waals surface area (Å²) < 4.78 is 12.2. The number of Topliss-reactive ketones (excluding diaryl/α,β-unsaturated/α-hetero) is 1. The first-order chi connectivity index (χ1) is 9.30. The second-order valence-electron chi connectivity index (χ2n) is 5.50. The van der Waals surface area contributed by atoms with Gasteiger partial charge in [0.05, 0.1) is 10.2 Å². The van der Waals surface area contributed by atoms with Gasteiger partial charge in [-0.05, 0) is 51.0 Å². The number of carbonyl (C=O) groups is 2. The van der Waals surface area contributed by atoms with Gasteiger partial charge in [-0.25, -0.2) is 4.39 Å². The Morgan fingerprint density at radius 1 is 1.35 bits per heavy atom. The zero-order valence-electron chi connectivity index (χ0n) is 11.5. The minimum atomic E-state index is -0.709. The van der Waals surface area contributed by atoms with E-state index in [9.17, 15) is 14.0 Å². The van der Waals surface area contributed by atoms with Crippen molar-refractivity contribution in [3.63, 3.8) is 0 Å². The van der Waals surface area contributed by atoms with Crippen LogP contribution in [0.4, 0.5) is 10.1 Å². The fraction of sp³-hybridized carbons (Fsp3) is 0.467. The van der Waals surface area contributed by atoms with Crippen molar-refractivity contribution in [3.8, 4) is 0 Å². The second-order valence-corrected chi connectivity index (χ2v) is 7.48. The third kappa shape index (κ3) is 3.08. The molecule has 0 aromatic heterocycles. The summed E-state index contributed by atoms with van der Waals surface area (Å²) in [5.41, 5.74) is 0.640. The molecule has 1 aliphatic heterocycles. The molecule has 0 unspecified atom stereocenters. The number of carbonyl (C=O) groups excluding carboxylic acids is 2. The largest absolute Gasteiger partial charge is 0.312 e. The number of rotatable bonds is 3. The highest BCUT2D eigenvalue weighted by Gasteiger charge is 2.40. The van der Waals surface area contributed by atoms with E-state index in [4.69, 9.17) is 0 Å². The van der Waals surface area contributed by atoms with Crippen LogP contribution in [0, 0.1) is 11.7 Å². The molecule has 1 saturated heterocycles. The summed E-state index contributed by atoms with van der Waals surface area (Å²) in [5, 5.41) is 0. The molecule has 0 radical (unpaired) electrons. The number of alkyl halides is 1. The first-order valence-electron chi connectivity index (χ1n) is 6.61. The molecular formula is C15H17BrFNO2. The zero-order valence-corrected chi connectivity index (χ0v) is 13.1. The van der Waals surface area contributed by atoms with E-state index in [-0.39, 0.29) is 17.5 Å². The van der Waals surface area contributed by atoms with Crippen LogP contribution in [0.2, 0.25) is 0 Å². The SMILES string of the molecule is CC(C)(Br)C(=O)[C@H]1CCCN(c2ccc(F)cc2)C1=O. The summed E-state index contributed by atoms with van der Waals surface area (Å²) in [4.78, 5) is 26.4. The van der Waals surface area contributed by atoms with Crippen molar-refractivity contribution >= 4 is 33.3 Å². The van der Waals surface area contributed by atoms with Gasteiger partial charge in [-0.15, -0.1) is 0 Å². The number of halogens is 2. The molecule has 3 nitrogen and oxygen atoms in total. The minimum absolute atomic E-state index is 0.102. The summed E-state index contributed by atoms with van der Waals surface area (Å²) in [6.07, 6.45) is 1.34. The number of hydrogen-bond donors (Lipinski definition) is 0. The highest BCUT2D eigenvalue weighted by atomic mass is 79.9. The summed E-state index contributed by atoms with van der Waals surface area (Å²) in [7, 11) is 0. The van der Waals surface area contributed by atoms with Crippen LogP contribution in [0.1, 0.15) is 26.7 Å². The van der Waals surface area contributed by atoms with Crippen LogP contribution in [-0.4, -0.2) is 22.6 Å². The third-order valence-corrected chi connectivity index (χ3v) is 3.87. The first kappa shape index (κ1) is 15.2. The Labute approximate surface area is 126 Å². The second kappa shape index (κ2) is 5.64. The lowest BCUT2D eigenvalue weighted by Crippen LogP contribution is -2.48. The predicted molar refractivity (Wildman–Crippen MR) is 79.5 cm³/mol. The molecule has 108 valence electrons. The number of nitrogens with zero attached hydrogens (tertiary/aromatic N) is 1. The Hall–Kier alpha value is -1.23. The van der Waals surface area contributed by atoms with Crippen LogP contribution >= 0.6 is 15.9 Å². The molecule has 1 aromatic rings. The van der Waals surface area contributed by atoms with E-state index in [1.165, 1.54) is 12.1 Å². The lowest BCUT2D eigenvalue weighted by Gasteiger charge is -2.33. The van der Waals surface area contributed by atoms with E-state index >= 15 is 0 Å². The van der Waals surface area contributed by atoms with Crippen LogP contribution in [0.25, 0.3) is 0 Å². The summed E-state index contributed by atoms with van der Waals surface area (Å²) in [6, 6.07) is 5.78. The quantitative estimate of drug-likeness (QED) is 0.624. The Balaban J connectivity index is 2.23. The van der Waals surface area contributed by atoms with Crippen molar-refractivity contribution in [3.05, 3.63) is 30.1 Å². The predicted octanol–water partition coefficient (Wildman–Crippen LogP) is 3.31. The molecule has 0 N–H and O–H groups in total. The van der Waals surface area contributed by atoms with Gasteiger partial charge >= 0.3 is 0 Å². The van der Waals surface area contributed by atoms with Crippen molar-refractivity contribution in [2.45, 2.75) is 31.0 Å². The Kier molecular flexibility index (Phi) is 4.28. The van der Waals surface area contributed by atoms with Gasteiger partial charge in [0.2, 0.25) is 5.91 Å². The first-order valence-corrected chi connectivity index (χ1v) is 7.40. The van der Waals surface area contributed by atoms with Gasteiger partial charge in [-0.2, -0.15) is 0 Å². The molecule has 1 fully saturated rings. The van der Waals surface area contributed by atoms with Gasteiger partial charge in [-0.1, -0.05) is 15.9 Å². The van der Waals surface area contributed by atoms with Gasteiger partial charge in [0.1, 0.15) is 5.82 Å². The zero-order chi connectivity index (χ0) is 14.9. The average Bonchev–Trinajstić information content (AvgIpc) is 2.38. The highest BCUT2D eigenvalue weighted by molar-refractivity contribution is 9.10. The number of benzene rings is 1. The smallest absolute Gasteiger partial charge is 0.237 e. The number of anilines is 1. The van der Waals surface area contributed by atoms with Gasteiger partial charge in [-0.3, -0.25) is 9.59 Å². The van der Waals surface area contributed by atoms with Crippen molar-refractivity contribution in [1.82, 2.24) is 0 Å². The third-order valence-electron chi connectivity index (χ3n) is 3.48. The van der Waals surface area contributed by atoms with E-state index in [1.54, 1.807) is 30.9 Å². The van der Waals surface area contributed by atoms with Crippen LogP contribution < -0.4 is 4.90 Å². The van der Waals surface area contributed by atoms with Crippen LogP contribution in [-0.2, 0) is 9.59 Å². The molecule has 5 heteroatoms. The Morgan fingerprint density at radius 2 is 1.95 bits per heavy atom. The van der Waals surface area contributed by atoms with E-state index in [0.29, 0.717) is 18.7 Å². The number of ketones is 1. The van der Waals surface area contributed by atoms with E-state index in [0.717, 1.165) is 6.42 Å². The van der Waals surface area contributed by atoms with Crippen molar-refractivity contribution in [2.24, 2.45) is 5.92 Å². The van der Waals surface area contributed by atoms with E-state index in [2.05, 4.69) is 15.9 Å². The highest BCUT2D eigenvalue weighted by Crippen LogP contribution is 2.30. The Morgan fingerprint density at radius 3 is 2.50 bits per heavy atom. The average molecular weight is 342 g/mol. The lowest BCUT2D eigenvalue weighted by atomic mass is 9.87. The van der Waals surface area contributed by atoms with Gasteiger partial charge in [0.25, 0.3) is 0 Å². The van der Waals surface area contributed by atoms with Crippen LogP contribution in [0.15, 0.2) is 24.3 Å². The topological polar surface area (TPSA) is 37.4 Å². The molecule has 20 heavy (non-hydrogen) atoms. The number of amides is 1. The van der Waals surface area contributed by atoms with Gasteiger partial charge in [0, 0.05) is 12.2 Å². The molecule has 2 rings (SSSR count). The fourth-order valence-electron chi connectivity index (χ4n) is 2.41. The molecule has 1 aromatic carbocycles. The maximum atomic E-state index is 12.9.